The number of hydrogen-bond acceptors (Lipinski definition) is 3. The van der Waals surface area contributed by atoms with Gasteiger partial charge in [-0.15, -0.1) is 0 Å². The van der Waals surface area contributed by atoms with Gasteiger partial charge in [-0.1, -0.05) is 19.1 Å². The molecule has 0 radical (unpaired) electrons. The summed E-state index contributed by atoms with van der Waals surface area (Å²) >= 11 is 0. The Hall–Kier alpha value is -2.69. The summed E-state index contributed by atoms with van der Waals surface area (Å²) in [5.41, 5.74) is 3.65. The Labute approximate surface area is 122 Å². The molecule has 2 heterocycles. The fraction of sp³-hybridized carbons (Fsp3) is 0.188. The molecule has 1 amide bonds. The second-order valence-corrected chi connectivity index (χ2v) is 4.82. The first kappa shape index (κ1) is 13.3. The molecular weight excluding hydrogens is 264 g/mol. The molecule has 5 nitrogen and oxygen atoms in total. The van der Waals surface area contributed by atoms with E-state index in [1.807, 2.05) is 54.8 Å². The van der Waals surface area contributed by atoms with Gasteiger partial charge in [0.25, 0.3) is 0 Å². The van der Waals surface area contributed by atoms with Gasteiger partial charge in [0.15, 0.2) is 0 Å². The van der Waals surface area contributed by atoms with Gasteiger partial charge in [-0.25, -0.2) is 9.97 Å². The minimum Gasteiger partial charge on any atom is -0.326 e. The van der Waals surface area contributed by atoms with Crippen LogP contribution in [-0.2, 0) is 4.79 Å². The first-order valence-electron chi connectivity index (χ1n) is 6.89. The van der Waals surface area contributed by atoms with E-state index >= 15 is 0 Å². The van der Waals surface area contributed by atoms with E-state index in [2.05, 4.69) is 15.3 Å². The molecule has 0 aliphatic heterocycles. The summed E-state index contributed by atoms with van der Waals surface area (Å²) in [4.78, 5) is 20.3. The van der Waals surface area contributed by atoms with Crippen molar-refractivity contribution in [2.75, 3.05) is 5.32 Å². The number of fused-ring (bicyclic) bond motifs is 1. The van der Waals surface area contributed by atoms with Crippen molar-refractivity contribution >= 4 is 17.4 Å². The van der Waals surface area contributed by atoms with Crippen molar-refractivity contribution in [1.82, 2.24) is 14.4 Å². The van der Waals surface area contributed by atoms with Crippen LogP contribution in [0, 0.1) is 6.92 Å². The number of rotatable bonds is 3. The van der Waals surface area contributed by atoms with Crippen molar-refractivity contribution in [2.24, 2.45) is 0 Å². The fourth-order valence-corrected chi connectivity index (χ4v) is 2.27. The zero-order chi connectivity index (χ0) is 14.8. The zero-order valence-electron chi connectivity index (χ0n) is 12.0. The Balaban J connectivity index is 2.04. The summed E-state index contributed by atoms with van der Waals surface area (Å²) in [7, 11) is 0. The molecule has 2 aromatic heterocycles. The maximum Gasteiger partial charge on any atom is 0.234 e. The SMILES string of the molecule is CCC(=O)Nc1cccc(-c2nc3ncccn3c2C)c1. The average molecular weight is 280 g/mol. The average Bonchev–Trinajstić information content (AvgIpc) is 2.85. The maximum atomic E-state index is 11.5. The molecule has 0 atom stereocenters. The lowest BCUT2D eigenvalue weighted by atomic mass is 10.1. The molecule has 0 fully saturated rings. The van der Waals surface area contributed by atoms with E-state index in [0.29, 0.717) is 12.2 Å². The number of hydrogen-bond donors (Lipinski definition) is 1. The number of imidazole rings is 1. The molecule has 3 aromatic rings. The van der Waals surface area contributed by atoms with Gasteiger partial charge in [0.2, 0.25) is 11.7 Å². The van der Waals surface area contributed by atoms with E-state index in [-0.39, 0.29) is 5.91 Å². The van der Waals surface area contributed by atoms with Gasteiger partial charge in [-0.2, -0.15) is 0 Å². The molecule has 21 heavy (non-hydrogen) atoms. The summed E-state index contributed by atoms with van der Waals surface area (Å²) < 4.78 is 1.95. The minimum absolute atomic E-state index is 0.000500. The molecule has 0 saturated heterocycles. The van der Waals surface area contributed by atoms with Crippen molar-refractivity contribution < 1.29 is 4.79 Å². The molecule has 0 unspecified atom stereocenters. The lowest BCUT2D eigenvalue weighted by molar-refractivity contribution is -0.115. The first-order chi connectivity index (χ1) is 10.2. The van der Waals surface area contributed by atoms with Crippen LogP contribution in [0.1, 0.15) is 19.0 Å². The van der Waals surface area contributed by atoms with Crippen LogP contribution in [0.2, 0.25) is 0 Å². The summed E-state index contributed by atoms with van der Waals surface area (Å²) in [5, 5.41) is 2.87. The number of aryl methyl sites for hydroxylation is 1. The van der Waals surface area contributed by atoms with Crippen molar-refractivity contribution in [3.8, 4) is 11.3 Å². The third kappa shape index (κ3) is 2.50. The number of amides is 1. The van der Waals surface area contributed by atoms with Gasteiger partial charge in [-0.05, 0) is 25.1 Å². The van der Waals surface area contributed by atoms with Crippen LogP contribution in [0.4, 0.5) is 5.69 Å². The van der Waals surface area contributed by atoms with Gasteiger partial charge < -0.3 is 5.32 Å². The molecule has 0 aliphatic carbocycles. The smallest absolute Gasteiger partial charge is 0.234 e. The Morgan fingerprint density at radius 2 is 2.19 bits per heavy atom. The maximum absolute atomic E-state index is 11.5. The molecule has 0 spiro atoms. The third-order valence-electron chi connectivity index (χ3n) is 3.38. The fourth-order valence-electron chi connectivity index (χ4n) is 2.27. The predicted octanol–water partition coefficient (Wildman–Crippen LogP) is 3.05. The molecule has 5 heteroatoms. The number of carbonyl (C=O) groups is 1. The van der Waals surface area contributed by atoms with Crippen molar-refractivity contribution in [3.63, 3.8) is 0 Å². The van der Waals surface area contributed by atoms with Crippen molar-refractivity contribution in [2.45, 2.75) is 20.3 Å². The van der Waals surface area contributed by atoms with E-state index in [1.165, 1.54) is 0 Å². The number of nitrogens with zero attached hydrogens (tertiary/aromatic N) is 3. The Morgan fingerprint density at radius 3 is 2.95 bits per heavy atom. The Morgan fingerprint density at radius 1 is 1.33 bits per heavy atom. The molecule has 0 bridgehead atoms. The second-order valence-electron chi connectivity index (χ2n) is 4.82. The van der Waals surface area contributed by atoms with E-state index < -0.39 is 0 Å². The minimum atomic E-state index is 0.000500. The van der Waals surface area contributed by atoms with Crippen LogP contribution in [0.15, 0.2) is 42.7 Å². The molecule has 0 saturated carbocycles. The molecule has 106 valence electrons. The predicted molar refractivity (Wildman–Crippen MR) is 82.1 cm³/mol. The van der Waals surface area contributed by atoms with Crippen LogP contribution in [0.25, 0.3) is 17.0 Å². The number of nitrogens with one attached hydrogen (secondary N) is 1. The lowest BCUT2D eigenvalue weighted by Crippen LogP contribution is -2.09. The van der Waals surface area contributed by atoms with Gasteiger partial charge in [0, 0.05) is 35.8 Å². The topological polar surface area (TPSA) is 59.3 Å². The van der Waals surface area contributed by atoms with Gasteiger partial charge in [0.1, 0.15) is 0 Å². The standard InChI is InChI=1S/C16H16N4O/c1-3-14(21)18-13-7-4-6-12(10-13)15-11(2)20-9-5-8-17-16(20)19-15/h4-10H,3H2,1-2H3,(H,18,21). The van der Waals surface area contributed by atoms with Gasteiger partial charge >= 0.3 is 0 Å². The van der Waals surface area contributed by atoms with Gasteiger partial charge in [0.05, 0.1) is 5.69 Å². The van der Waals surface area contributed by atoms with Crippen LogP contribution in [-0.4, -0.2) is 20.3 Å². The van der Waals surface area contributed by atoms with Gasteiger partial charge in [-0.3, -0.25) is 9.20 Å². The number of aromatic nitrogens is 3. The van der Waals surface area contributed by atoms with Crippen LogP contribution in [0.5, 0.6) is 0 Å². The first-order valence-corrected chi connectivity index (χ1v) is 6.89. The Kier molecular flexibility index (Phi) is 3.39. The summed E-state index contributed by atoms with van der Waals surface area (Å²) in [6, 6.07) is 9.58. The summed E-state index contributed by atoms with van der Waals surface area (Å²) in [6.45, 7) is 3.84. The van der Waals surface area contributed by atoms with Crippen molar-refractivity contribution in [3.05, 3.63) is 48.4 Å². The number of benzene rings is 1. The second kappa shape index (κ2) is 5.36. The lowest BCUT2D eigenvalue weighted by Gasteiger charge is -2.05. The molecule has 1 aromatic carbocycles. The highest BCUT2D eigenvalue weighted by atomic mass is 16.1. The van der Waals surface area contributed by atoms with Crippen LogP contribution in [0.3, 0.4) is 0 Å². The highest BCUT2D eigenvalue weighted by Crippen LogP contribution is 2.25. The number of anilines is 1. The normalized spacial score (nSPS) is 10.8. The molecule has 3 rings (SSSR count). The van der Waals surface area contributed by atoms with Crippen molar-refractivity contribution in [1.29, 1.82) is 0 Å². The van der Waals surface area contributed by atoms with E-state index in [4.69, 9.17) is 0 Å². The Bertz CT molecular complexity index is 807. The zero-order valence-corrected chi connectivity index (χ0v) is 12.0. The quantitative estimate of drug-likeness (QED) is 0.802. The number of carbonyl (C=O) groups excluding carboxylic acids is 1. The highest BCUT2D eigenvalue weighted by molar-refractivity contribution is 5.91. The third-order valence-corrected chi connectivity index (χ3v) is 3.38. The van der Waals surface area contributed by atoms with E-state index in [0.717, 1.165) is 22.6 Å². The van der Waals surface area contributed by atoms with Crippen LogP contribution >= 0.6 is 0 Å². The molecule has 1 N–H and O–H groups in total. The summed E-state index contributed by atoms with van der Waals surface area (Å²) in [6.07, 6.45) is 4.13. The largest absolute Gasteiger partial charge is 0.326 e. The molecule has 0 aliphatic rings. The molecular formula is C16H16N4O. The van der Waals surface area contributed by atoms with E-state index in [9.17, 15) is 4.79 Å². The summed E-state index contributed by atoms with van der Waals surface area (Å²) in [5.74, 6) is 0.675. The van der Waals surface area contributed by atoms with Crippen LogP contribution < -0.4 is 5.32 Å². The monoisotopic (exact) mass is 280 g/mol. The van der Waals surface area contributed by atoms with E-state index in [1.54, 1.807) is 6.20 Å². The highest BCUT2D eigenvalue weighted by Gasteiger charge is 2.11.